The Hall–Kier alpha value is -0.650. The Morgan fingerprint density at radius 1 is 1.41 bits per heavy atom. The topological polar surface area (TPSA) is 53.0 Å². The molecule has 1 N–H and O–H groups in total. The number of ether oxygens (including phenoxy) is 1. The number of carboxylic acids is 1. The summed E-state index contributed by atoms with van der Waals surface area (Å²) in [7, 11) is 0. The fraction of sp³-hybridized carbons (Fsp3) is 0.917. The van der Waals surface area contributed by atoms with Crippen molar-refractivity contribution >= 4 is 5.97 Å². The zero-order valence-electron chi connectivity index (χ0n) is 10.5. The maximum Gasteiger partial charge on any atom is 0.320 e. The third-order valence-electron chi connectivity index (χ3n) is 3.88. The van der Waals surface area contributed by atoms with Gasteiger partial charge in [0.2, 0.25) is 0 Å². The molecule has 0 bridgehead atoms. The highest BCUT2D eigenvalue weighted by Gasteiger charge is 2.31. The van der Waals surface area contributed by atoms with Crippen molar-refractivity contribution in [2.45, 2.75) is 31.8 Å². The zero-order chi connectivity index (χ0) is 12.3. The second-order valence-corrected chi connectivity index (χ2v) is 4.85. The van der Waals surface area contributed by atoms with Crippen LogP contribution in [-0.2, 0) is 9.53 Å². The summed E-state index contributed by atoms with van der Waals surface area (Å²) in [5.74, 6) is -0.690. The number of aliphatic carboxylic acids is 1. The number of piperazine rings is 1. The SMILES string of the molecule is CCC(C(=O)O)N1CCN(C2CCOC2)CC1. The fourth-order valence-electron chi connectivity index (χ4n) is 2.81. The predicted octanol–water partition coefficient (Wildman–Crippen LogP) is 0.256. The van der Waals surface area contributed by atoms with Gasteiger partial charge < -0.3 is 9.84 Å². The molecule has 0 radical (unpaired) electrons. The lowest BCUT2D eigenvalue weighted by Crippen LogP contribution is -2.54. The Morgan fingerprint density at radius 2 is 2.12 bits per heavy atom. The molecule has 0 spiro atoms. The summed E-state index contributed by atoms with van der Waals surface area (Å²) < 4.78 is 5.39. The number of carboxylic acid groups (broad SMARTS) is 1. The normalized spacial score (nSPS) is 29.4. The highest BCUT2D eigenvalue weighted by atomic mass is 16.5. The second-order valence-electron chi connectivity index (χ2n) is 4.85. The van der Waals surface area contributed by atoms with Crippen LogP contribution in [0.2, 0.25) is 0 Å². The minimum Gasteiger partial charge on any atom is -0.480 e. The second kappa shape index (κ2) is 5.80. The van der Waals surface area contributed by atoms with Gasteiger partial charge in [-0.15, -0.1) is 0 Å². The molecule has 2 aliphatic rings. The van der Waals surface area contributed by atoms with Gasteiger partial charge in [-0.05, 0) is 12.8 Å². The summed E-state index contributed by atoms with van der Waals surface area (Å²) in [5.41, 5.74) is 0. The molecule has 2 saturated heterocycles. The standard InChI is InChI=1S/C12H22N2O3/c1-2-11(12(15)16)14-6-4-13(5-7-14)10-3-8-17-9-10/h10-11H,2-9H2,1H3,(H,15,16). The smallest absolute Gasteiger partial charge is 0.320 e. The molecule has 2 unspecified atom stereocenters. The lowest BCUT2D eigenvalue weighted by molar-refractivity contribution is -0.144. The fourth-order valence-corrected chi connectivity index (χ4v) is 2.81. The van der Waals surface area contributed by atoms with Crippen molar-refractivity contribution in [1.82, 2.24) is 9.80 Å². The van der Waals surface area contributed by atoms with Crippen LogP contribution in [0.5, 0.6) is 0 Å². The van der Waals surface area contributed by atoms with Gasteiger partial charge in [-0.25, -0.2) is 0 Å². The average molecular weight is 242 g/mol. The highest BCUT2D eigenvalue weighted by molar-refractivity contribution is 5.73. The minimum atomic E-state index is -0.690. The molecule has 0 aromatic rings. The number of hydrogen-bond donors (Lipinski definition) is 1. The van der Waals surface area contributed by atoms with Crippen LogP contribution in [-0.4, -0.2) is 72.4 Å². The van der Waals surface area contributed by atoms with E-state index in [1.165, 1.54) is 0 Å². The molecule has 98 valence electrons. The summed E-state index contributed by atoms with van der Waals surface area (Å²) in [4.78, 5) is 15.6. The average Bonchev–Trinajstić information content (AvgIpc) is 2.84. The first-order valence-corrected chi connectivity index (χ1v) is 6.51. The Kier molecular flexibility index (Phi) is 4.36. The molecule has 0 saturated carbocycles. The van der Waals surface area contributed by atoms with Crippen LogP contribution in [0, 0.1) is 0 Å². The molecule has 17 heavy (non-hydrogen) atoms. The maximum absolute atomic E-state index is 11.1. The van der Waals surface area contributed by atoms with Gasteiger partial charge in [0, 0.05) is 38.8 Å². The quantitative estimate of drug-likeness (QED) is 0.766. The van der Waals surface area contributed by atoms with E-state index in [0.29, 0.717) is 12.5 Å². The van der Waals surface area contributed by atoms with Crippen molar-refractivity contribution in [3.05, 3.63) is 0 Å². The third kappa shape index (κ3) is 2.97. The number of rotatable bonds is 4. The van der Waals surface area contributed by atoms with Crippen molar-refractivity contribution in [3.8, 4) is 0 Å². The Labute approximate surface area is 102 Å². The lowest BCUT2D eigenvalue weighted by Gasteiger charge is -2.39. The van der Waals surface area contributed by atoms with E-state index >= 15 is 0 Å². The first-order valence-electron chi connectivity index (χ1n) is 6.51. The Morgan fingerprint density at radius 3 is 2.59 bits per heavy atom. The summed E-state index contributed by atoms with van der Waals surface area (Å²) in [5, 5.41) is 9.13. The van der Waals surface area contributed by atoms with Gasteiger partial charge >= 0.3 is 5.97 Å². The van der Waals surface area contributed by atoms with Crippen molar-refractivity contribution in [1.29, 1.82) is 0 Å². The van der Waals surface area contributed by atoms with Gasteiger partial charge in [-0.2, -0.15) is 0 Å². The van der Waals surface area contributed by atoms with Gasteiger partial charge in [-0.3, -0.25) is 14.6 Å². The van der Waals surface area contributed by atoms with Crippen molar-refractivity contribution in [2.75, 3.05) is 39.4 Å². The van der Waals surface area contributed by atoms with Crippen LogP contribution in [0.15, 0.2) is 0 Å². The van der Waals surface area contributed by atoms with Gasteiger partial charge in [0.15, 0.2) is 0 Å². The Bertz CT molecular complexity index is 258. The molecule has 0 amide bonds. The third-order valence-corrected chi connectivity index (χ3v) is 3.88. The molecule has 5 heteroatoms. The van der Waals surface area contributed by atoms with Gasteiger partial charge in [0.25, 0.3) is 0 Å². The van der Waals surface area contributed by atoms with E-state index in [1.807, 2.05) is 6.92 Å². The van der Waals surface area contributed by atoms with Crippen molar-refractivity contribution < 1.29 is 14.6 Å². The van der Waals surface area contributed by atoms with E-state index < -0.39 is 5.97 Å². The van der Waals surface area contributed by atoms with E-state index in [2.05, 4.69) is 9.80 Å². The number of hydrogen-bond acceptors (Lipinski definition) is 4. The van der Waals surface area contributed by atoms with Gasteiger partial charge in [-0.1, -0.05) is 6.92 Å². The first kappa shape index (κ1) is 12.8. The molecule has 0 aromatic heterocycles. The summed E-state index contributed by atoms with van der Waals surface area (Å²) in [6, 6.07) is 0.249. The van der Waals surface area contributed by atoms with Gasteiger partial charge in [0.1, 0.15) is 6.04 Å². The molecular weight excluding hydrogens is 220 g/mol. The molecule has 0 aromatic carbocycles. The molecule has 2 aliphatic heterocycles. The largest absolute Gasteiger partial charge is 0.480 e. The molecule has 0 aliphatic carbocycles. The van der Waals surface area contributed by atoms with Crippen LogP contribution in [0.4, 0.5) is 0 Å². The molecule has 2 rings (SSSR count). The van der Waals surface area contributed by atoms with E-state index in [4.69, 9.17) is 9.84 Å². The summed E-state index contributed by atoms with van der Waals surface area (Å²) in [6.07, 6.45) is 1.80. The minimum absolute atomic E-state index is 0.308. The number of nitrogens with zero attached hydrogens (tertiary/aromatic N) is 2. The van der Waals surface area contributed by atoms with Crippen LogP contribution in [0.3, 0.4) is 0 Å². The summed E-state index contributed by atoms with van der Waals surface area (Å²) >= 11 is 0. The van der Waals surface area contributed by atoms with Crippen molar-refractivity contribution in [2.24, 2.45) is 0 Å². The molecule has 2 heterocycles. The van der Waals surface area contributed by atoms with Crippen LogP contribution in [0.25, 0.3) is 0 Å². The zero-order valence-corrected chi connectivity index (χ0v) is 10.5. The monoisotopic (exact) mass is 242 g/mol. The van der Waals surface area contributed by atoms with E-state index in [-0.39, 0.29) is 6.04 Å². The van der Waals surface area contributed by atoms with Crippen molar-refractivity contribution in [3.63, 3.8) is 0 Å². The van der Waals surface area contributed by atoms with Crippen LogP contribution in [0.1, 0.15) is 19.8 Å². The number of carbonyl (C=O) groups is 1. The highest BCUT2D eigenvalue weighted by Crippen LogP contribution is 2.16. The van der Waals surface area contributed by atoms with Crippen LogP contribution < -0.4 is 0 Å². The Balaban J connectivity index is 1.82. The van der Waals surface area contributed by atoms with E-state index in [9.17, 15) is 4.79 Å². The van der Waals surface area contributed by atoms with Gasteiger partial charge in [0.05, 0.1) is 6.61 Å². The maximum atomic E-state index is 11.1. The molecular formula is C12H22N2O3. The summed E-state index contributed by atoms with van der Waals surface area (Å²) in [6.45, 7) is 7.32. The lowest BCUT2D eigenvalue weighted by atomic mass is 10.1. The van der Waals surface area contributed by atoms with E-state index in [1.54, 1.807) is 0 Å². The predicted molar refractivity (Wildman–Crippen MR) is 64.1 cm³/mol. The first-order chi connectivity index (χ1) is 8.22. The molecule has 2 atom stereocenters. The molecule has 5 nitrogen and oxygen atoms in total. The molecule has 2 fully saturated rings. The van der Waals surface area contributed by atoms with E-state index in [0.717, 1.165) is 45.8 Å². The van der Waals surface area contributed by atoms with Crippen LogP contribution >= 0.6 is 0 Å².